The molecule has 0 saturated carbocycles. The van der Waals surface area contributed by atoms with Gasteiger partial charge in [-0.05, 0) is 23.6 Å². The number of nitrogens with zero attached hydrogens (tertiary/aromatic N) is 1. The standard InChI is InChI=1S/C22H22N4O4/c23-11-16(13-5-2-1-3-6-13)24-12-14-7-4-8-15-19(14)22(30)26(21(15)29)17-9-10-18(27)25-20(17)28/h1-8,16-17,24H,9-12,23H2,(H,25,27,28)/t16-,17?/m1/s1. The third kappa shape index (κ3) is 3.51. The molecule has 154 valence electrons. The molecule has 0 aromatic heterocycles. The van der Waals surface area contributed by atoms with Crippen LogP contribution >= 0.6 is 0 Å². The van der Waals surface area contributed by atoms with Crippen LogP contribution in [0.3, 0.4) is 0 Å². The highest BCUT2D eigenvalue weighted by molar-refractivity contribution is 6.24. The van der Waals surface area contributed by atoms with Crippen molar-refractivity contribution >= 4 is 23.6 Å². The van der Waals surface area contributed by atoms with Crippen molar-refractivity contribution in [2.24, 2.45) is 5.73 Å². The Labute approximate surface area is 173 Å². The second-order valence-electron chi connectivity index (χ2n) is 7.37. The molecule has 0 aliphatic carbocycles. The average Bonchev–Trinajstić information content (AvgIpc) is 3.00. The highest BCUT2D eigenvalue weighted by atomic mass is 16.2. The first-order chi connectivity index (χ1) is 14.5. The maximum atomic E-state index is 13.1. The third-order valence-corrected chi connectivity index (χ3v) is 5.53. The highest BCUT2D eigenvalue weighted by Gasteiger charge is 2.45. The Morgan fingerprint density at radius 2 is 1.80 bits per heavy atom. The molecule has 0 bridgehead atoms. The minimum Gasteiger partial charge on any atom is -0.329 e. The number of nitrogens with one attached hydrogen (secondary N) is 2. The summed E-state index contributed by atoms with van der Waals surface area (Å²) >= 11 is 0. The summed E-state index contributed by atoms with van der Waals surface area (Å²) in [6.07, 6.45) is 0.223. The van der Waals surface area contributed by atoms with Crippen LogP contribution in [0.4, 0.5) is 0 Å². The minimum absolute atomic E-state index is 0.0908. The minimum atomic E-state index is -0.975. The smallest absolute Gasteiger partial charge is 0.262 e. The Balaban J connectivity index is 1.57. The Hall–Kier alpha value is -3.36. The number of amides is 4. The summed E-state index contributed by atoms with van der Waals surface area (Å²) in [5, 5.41) is 5.55. The fraction of sp³-hybridized carbons (Fsp3) is 0.273. The zero-order valence-corrected chi connectivity index (χ0v) is 16.3. The number of carbonyl (C=O) groups excluding carboxylic acids is 4. The third-order valence-electron chi connectivity index (χ3n) is 5.53. The van der Waals surface area contributed by atoms with E-state index in [1.165, 1.54) is 0 Å². The van der Waals surface area contributed by atoms with Crippen molar-refractivity contribution in [2.75, 3.05) is 6.54 Å². The van der Waals surface area contributed by atoms with Crippen LogP contribution in [0.5, 0.6) is 0 Å². The molecule has 4 amide bonds. The number of hydrogen-bond donors (Lipinski definition) is 3. The molecule has 8 heteroatoms. The lowest BCUT2D eigenvalue weighted by molar-refractivity contribution is -0.136. The molecule has 8 nitrogen and oxygen atoms in total. The van der Waals surface area contributed by atoms with Gasteiger partial charge in [0.15, 0.2) is 0 Å². The summed E-state index contributed by atoms with van der Waals surface area (Å²) in [7, 11) is 0. The van der Waals surface area contributed by atoms with Crippen LogP contribution in [0.25, 0.3) is 0 Å². The van der Waals surface area contributed by atoms with Gasteiger partial charge in [0.1, 0.15) is 6.04 Å². The van der Waals surface area contributed by atoms with Crippen LogP contribution in [0, 0.1) is 0 Å². The van der Waals surface area contributed by atoms with Crippen LogP contribution < -0.4 is 16.4 Å². The first-order valence-corrected chi connectivity index (χ1v) is 9.83. The van der Waals surface area contributed by atoms with E-state index in [4.69, 9.17) is 5.73 Å². The molecule has 2 aliphatic rings. The lowest BCUT2D eigenvalue weighted by Gasteiger charge is -2.27. The van der Waals surface area contributed by atoms with Crippen molar-refractivity contribution < 1.29 is 19.2 Å². The molecule has 2 aromatic rings. The van der Waals surface area contributed by atoms with Gasteiger partial charge in [0.05, 0.1) is 11.1 Å². The predicted molar refractivity (Wildman–Crippen MR) is 108 cm³/mol. The summed E-state index contributed by atoms with van der Waals surface area (Å²) in [5.74, 6) is -2.03. The van der Waals surface area contributed by atoms with E-state index in [2.05, 4.69) is 10.6 Å². The van der Waals surface area contributed by atoms with Crippen LogP contribution in [0.15, 0.2) is 48.5 Å². The molecule has 1 unspecified atom stereocenters. The molecule has 1 saturated heterocycles. The van der Waals surface area contributed by atoms with Crippen LogP contribution in [0.1, 0.15) is 50.7 Å². The van der Waals surface area contributed by atoms with Crippen molar-refractivity contribution in [2.45, 2.75) is 31.5 Å². The van der Waals surface area contributed by atoms with Crippen LogP contribution in [0.2, 0.25) is 0 Å². The molecule has 2 atom stereocenters. The van der Waals surface area contributed by atoms with Gasteiger partial charge in [0.25, 0.3) is 11.8 Å². The van der Waals surface area contributed by atoms with Gasteiger partial charge in [-0.25, -0.2) is 0 Å². The normalized spacial score (nSPS) is 19.6. The number of carbonyl (C=O) groups is 4. The molecule has 2 heterocycles. The molecular weight excluding hydrogens is 384 g/mol. The van der Waals surface area contributed by atoms with Gasteiger partial charge in [-0.3, -0.25) is 29.4 Å². The van der Waals surface area contributed by atoms with Crippen molar-refractivity contribution in [3.8, 4) is 0 Å². The quantitative estimate of drug-likeness (QED) is 0.612. The number of imide groups is 2. The Kier molecular flexibility index (Phi) is 5.43. The van der Waals surface area contributed by atoms with Gasteiger partial charge in [-0.1, -0.05) is 42.5 Å². The van der Waals surface area contributed by atoms with Crippen molar-refractivity contribution in [1.82, 2.24) is 15.5 Å². The van der Waals surface area contributed by atoms with Crippen molar-refractivity contribution in [3.63, 3.8) is 0 Å². The number of hydrogen-bond acceptors (Lipinski definition) is 6. The summed E-state index contributed by atoms with van der Waals surface area (Å²) in [5.41, 5.74) is 8.17. The average molecular weight is 406 g/mol. The maximum Gasteiger partial charge on any atom is 0.262 e. The van der Waals surface area contributed by atoms with E-state index in [1.807, 2.05) is 30.3 Å². The molecule has 4 rings (SSSR count). The van der Waals surface area contributed by atoms with Crippen LogP contribution in [-0.4, -0.2) is 41.1 Å². The fourth-order valence-electron chi connectivity index (χ4n) is 3.99. The molecule has 2 aliphatic heterocycles. The molecule has 30 heavy (non-hydrogen) atoms. The van der Waals surface area contributed by atoms with E-state index in [9.17, 15) is 19.2 Å². The largest absolute Gasteiger partial charge is 0.329 e. The summed E-state index contributed by atoms with van der Waals surface area (Å²) in [6, 6.07) is 13.7. The van der Waals surface area contributed by atoms with E-state index in [0.717, 1.165) is 10.5 Å². The molecular formula is C22H22N4O4. The van der Waals surface area contributed by atoms with Crippen LogP contribution in [-0.2, 0) is 16.1 Å². The fourth-order valence-corrected chi connectivity index (χ4v) is 3.99. The van der Waals surface area contributed by atoms with E-state index >= 15 is 0 Å². The highest BCUT2D eigenvalue weighted by Crippen LogP contribution is 2.30. The Morgan fingerprint density at radius 3 is 2.50 bits per heavy atom. The van der Waals surface area contributed by atoms with Gasteiger partial charge < -0.3 is 11.1 Å². The zero-order chi connectivity index (χ0) is 21.3. The van der Waals surface area contributed by atoms with Gasteiger partial charge in [-0.15, -0.1) is 0 Å². The van der Waals surface area contributed by atoms with E-state index in [1.54, 1.807) is 18.2 Å². The second kappa shape index (κ2) is 8.17. The van der Waals surface area contributed by atoms with Crippen molar-refractivity contribution in [3.05, 3.63) is 70.8 Å². The SMILES string of the molecule is NC[C@@H](NCc1cccc2c1C(=O)N(C1CCC(=O)NC1=O)C2=O)c1ccccc1. The molecule has 1 fully saturated rings. The number of piperidine rings is 1. The van der Waals surface area contributed by atoms with Crippen molar-refractivity contribution in [1.29, 1.82) is 0 Å². The number of nitrogens with two attached hydrogens (primary N) is 1. The zero-order valence-electron chi connectivity index (χ0n) is 16.3. The lowest BCUT2D eigenvalue weighted by atomic mass is 10.0. The van der Waals surface area contributed by atoms with E-state index in [-0.39, 0.29) is 24.4 Å². The predicted octanol–water partition coefficient (Wildman–Crippen LogP) is 0.877. The molecule has 0 spiro atoms. The number of benzene rings is 2. The molecule has 0 radical (unpaired) electrons. The molecule has 4 N–H and O–H groups in total. The Morgan fingerprint density at radius 1 is 1.03 bits per heavy atom. The second-order valence-corrected chi connectivity index (χ2v) is 7.37. The monoisotopic (exact) mass is 406 g/mol. The summed E-state index contributed by atoms with van der Waals surface area (Å²) in [4.78, 5) is 50.7. The van der Waals surface area contributed by atoms with Gasteiger partial charge in [-0.2, -0.15) is 0 Å². The number of rotatable bonds is 6. The maximum absolute atomic E-state index is 13.1. The van der Waals surface area contributed by atoms with E-state index < -0.39 is 29.7 Å². The molecule has 2 aromatic carbocycles. The lowest BCUT2D eigenvalue weighted by Crippen LogP contribution is -2.54. The topological polar surface area (TPSA) is 122 Å². The van der Waals surface area contributed by atoms with Gasteiger partial charge in [0.2, 0.25) is 11.8 Å². The first-order valence-electron chi connectivity index (χ1n) is 9.83. The van der Waals surface area contributed by atoms with Gasteiger partial charge in [0, 0.05) is 25.6 Å². The van der Waals surface area contributed by atoms with Gasteiger partial charge >= 0.3 is 0 Å². The number of fused-ring (bicyclic) bond motifs is 1. The van der Waals surface area contributed by atoms with E-state index in [0.29, 0.717) is 24.2 Å². The summed E-state index contributed by atoms with van der Waals surface area (Å²) in [6.45, 7) is 0.705. The first kappa shape index (κ1) is 19.9. The Bertz CT molecular complexity index is 1020. The summed E-state index contributed by atoms with van der Waals surface area (Å²) < 4.78 is 0.